The van der Waals surface area contributed by atoms with Crippen LogP contribution in [0.3, 0.4) is 0 Å². The van der Waals surface area contributed by atoms with Gasteiger partial charge in [0.1, 0.15) is 5.69 Å². The summed E-state index contributed by atoms with van der Waals surface area (Å²) < 4.78 is 5.12. The number of imidazole rings is 1. The molecule has 8 nitrogen and oxygen atoms in total. The van der Waals surface area contributed by atoms with E-state index < -0.39 is 0 Å². The maximum atomic E-state index is 13.0. The monoisotopic (exact) mass is 466 g/mol. The first-order valence-electron chi connectivity index (χ1n) is 12.1. The van der Waals surface area contributed by atoms with E-state index in [2.05, 4.69) is 51.1 Å². The minimum atomic E-state index is -0.0908. The van der Waals surface area contributed by atoms with Crippen LogP contribution in [0.25, 0.3) is 11.2 Å². The third kappa shape index (κ3) is 4.55. The SMILES string of the molecule is Cc1cc(C(=O)NC2CC(c3ccc4c(n3)n(C)c(=O)n4CC(C)(C)C)CCC2(C)C)n(C)n1. The van der Waals surface area contributed by atoms with Crippen molar-refractivity contribution >= 4 is 17.1 Å². The second-order valence-corrected chi connectivity index (χ2v) is 11.8. The second-order valence-electron chi connectivity index (χ2n) is 11.8. The number of carbonyl (C=O) groups is 1. The minimum absolute atomic E-state index is 0.0103. The van der Waals surface area contributed by atoms with Crippen molar-refractivity contribution in [2.24, 2.45) is 24.9 Å². The quantitative estimate of drug-likeness (QED) is 0.631. The molecule has 0 spiro atoms. The lowest BCUT2D eigenvalue weighted by atomic mass is 9.68. The number of pyridine rings is 1. The number of hydrogen-bond acceptors (Lipinski definition) is 4. The van der Waals surface area contributed by atoms with Gasteiger partial charge in [0.25, 0.3) is 5.91 Å². The summed E-state index contributed by atoms with van der Waals surface area (Å²) in [5.74, 6) is 0.129. The third-order valence-electron chi connectivity index (χ3n) is 7.19. The predicted molar refractivity (Wildman–Crippen MR) is 134 cm³/mol. The highest BCUT2D eigenvalue weighted by Gasteiger charge is 2.39. The molecule has 3 heterocycles. The van der Waals surface area contributed by atoms with Crippen molar-refractivity contribution in [2.45, 2.75) is 79.3 Å². The Kier molecular flexibility index (Phi) is 5.98. The van der Waals surface area contributed by atoms with Crippen molar-refractivity contribution in [3.63, 3.8) is 0 Å². The van der Waals surface area contributed by atoms with Crippen molar-refractivity contribution in [2.75, 3.05) is 0 Å². The van der Waals surface area contributed by atoms with E-state index in [9.17, 15) is 9.59 Å². The van der Waals surface area contributed by atoms with Crippen LogP contribution in [0.2, 0.25) is 0 Å². The van der Waals surface area contributed by atoms with E-state index in [1.54, 1.807) is 23.3 Å². The molecule has 0 radical (unpaired) electrons. The van der Waals surface area contributed by atoms with Gasteiger partial charge < -0.3 is 5.32 Å². The Hall–Kier alpha value is -2.90. The summed E-state index contributed by atoms with van der Waals surface area (Å²) in [6.45, 7) is 13.4. The Morgan fingerprint density at radius 1 is 1.24 bits per heavy atom. The zero-order valence-corrected chi connectivity index (χ0v) is 21.8. The van der Waals surface area contributed by atoms with Crippen LogP contribution in [0.1, 0.15) is 81.7 Å². The number of fused-ring (bicyclic) bond motifs is 1. The smallest absolute Gasteiger partial charge is 0.330 e. The fraction of sp³-hybridized carbons (Fsp3) is 0.615. The van der Waals surface area contributed by atoms with Gasteiger partial charge in [-0.25, -0.2) is 9.78 Å². The molecular formula is C26H38N6O2. The standard InChI is InChI=1S/C26H38N6O2/c1-16-13-20(31(8)29-16)23(33)28-21-14-17(11-12-26(21,5)6)18-9-10-19-22(27-18)30(7)24(34)32(19)15-25(2,3)4/h9-10,13,17,21H,11-12,14-15H2,1-8H3,(H,28,33). The number of nitrogens with zero attached hydrogens (tertiary/aromatic N) is 5. The van der Waals surface area contributed by atoms with Gasteiger partial charge in [-0.15, -0.1) is 0 Å². The maximum absolute atomic E-state index is 13.0. The van der Waals surface area contributed by atoms with Crippen molar-refractivity contribution in [1.82, 2.24) is 29.2 Å². The van der Waals surface area contributed by atoms with Gasteiger partial charge in [-0.05, 0) is 55.2 Å². The van der Waals surface area contributed by atoms with E-state index in [1.807, 2.05) is 23.6 Å². The number of hydrogen-bond donors (Lipinski definition) is 1. The predicted octanol–water partition coefficient (Wildman–Crippen LogP) is 3.92. The lowest BCUT2D eigenvalue weighted by Gasteiger charge is -2.42. The number of nitrogens with one attached hydrogen (secondary N) is 1. The summed E-state index contributed by atoms with van der Waals surface area (Å²) in [5.41, 5.74) is 3.93. The molecule has 0 saturated heterocycles. The summed E-state index contributed by atoms with van der Waals surface area (Å²) in [4.78, 5) is 30.9. The number of rotatable bonds is 4. The first-order valence-corrected chi connectivity index (χ1v) is 12.1. The van der Waals surface area contributed by atoms with Crippen molar-refractivity contribution in [3.05, 3.63) is 45.8 Å². The first kappa shape index (κ1) is 24.2. The summed E-state index contributed by atoms with van der Waals surface area (Å²) in [5, 5.41) is 7.59. The van der Waals surface area contributed by atoms with Gasteiger partial charge in [0.2, 0.25) is 0 Å². The van der Waals surface area contributed by atoms with Crippen LogP contribution in [-0.4, -0.2) is 35.8 Å². The molecule has 1 aliphatic rings. The number of amides is 1. The third-order valence-corrected chi connectivity index (χ3v) is 7.19. The normalized spacial score (nSPS) is 20.6. The molecule has 1 amide bonds. The minimum Gasteiger partial charge on any atom is -0.347 e. The molecular weight excluding hydrogens is 428 g/mol. The lowest BCUT2D eigenvalue weighted by Crippen LogP contribution is -2.48. The van der Waals surface area contributed by atoms with Gasteiger partial charge in [0.15, 0.2) is 5.65 Å². The van der Waals surface area contributed by atoms with Crippen LogP contribution in [0, 0.1) is 17.8 Å². The molecule has 1 fully saturated rings. The zero-order chi connectivity index (χ0) is 25.0. The van der Waals surface area contributed by atoms with E-state index in [1.165, 1.54) is 0 Å². The summed E-state index contributed by atoms with van der Waals surface area (Å²) >= 11 is 0. The molecule has 0 aliphatic heterocycles. The molecule has 1 aliphatic carbocycles. The van der Waals surface area contributed by atoms with E-state index in [0.717, 1.165) is 41.8 Å². The van der Waals surface area contributed by atoms with Gasteiger partial charge >= 0.3 is 5.69 Å². The highest BCUT2D eigenvalue weighted by molar-refractivity contribution is 5.92. The van der Waals surface area contributed by atoms with Crippen molar-refractivity contribution in [1.29, 1.82) is 0 Å². The number of carbonyl (C=O) groups excluding carboxylic acids is 1. The highest BCUT2D eigenvalue weighted by atomic mass is 16.2. The number of aromatic nitrogens is 5. The van der Waals surface area contributed by atoms with E-state index in [4.69, 9.17) is 4.98 Å². The van der Waals surface area contributed by atoms with Crippen LogP contribution in [-0.2, 0) is 20.6 Å². The lowest BCUT2D eigenvalue weighted by molar-refractivity contribution is 0.0827. The van der Waals surface area contributed by atoms with Crippen molar-refractivity contribution < 1.29 is 4.79 Å². The topological polar surface area (TPSA) is 86.7 Å². The average molecular weight is 467 g/mol. The molecule has 1 saturated carbocycles. The van der Waals surface area contributed by atoms with Crippen molar-refractivity contribution in [3.8, 4) is 0 Å². The van der Waals surface area contributed by atoms with Crippen LogP contribution < -0.4 is 11.0 Å². The fourth-order valence-electron chi connectivity index (χ4n) is 5.16. The molecule has 184 valence electrons. The van der Waals surface area contributed by atoms with Crippen LogP contribution in [0.5, 0.6) is 0 Å². The molecule has 2 atom stereocenters. The molecule has 34 heavy (non-hydrogen) atoms. The Morgan fingerprint density at radius 2 is 1.94 bits per heavy atom. The molecule has 0 aromatic carbocycles. The maximum Gasteiger partial charge on any atom is 0.330 e. The van der Waals surface area contributed by atoms with Crippen LogP contribution in [0.15, 0.2) is 23.0 Å². The summed E-state index contributed by atoms with van der Waals surface area (Å²) in [6, 6.07) is 5.94. The van der Waals surface area contributed by atoms with Gasteiger partial charge in [0.05, 0.1) is 11.2 Å². The molecule has 4 rings (SSSR count). The molecule has 1 N–H and O–H groups in total. The molecule has 2 unspecified atom stereocenters. The highest BCUT2D eigenvalue weighted by Crippen LogP contribution is 2.42. The van der Waals surface area contributed by atoms with E-state index >= 15 is 0 Å². The summed E-state index contributed by atoms with van der Waals surface area (Å²) in [6.07, 6.45) is 2.79. The largest absolute Gasteiger partial charge is 0.347 e. The van der Waals surface area contributed by atoms with Crippen LogP contribution in [0.4, 0.5) is 0 Å². The average Bonchev–Trinajstić information content (AvgIpc) is 3.19. The van der Waals surface area contributed by atoms with E-state index in [0.29, 0.717) is 12.2 Å². The van der Waals surface area contributed by atoms with Gasteiger partial charge in [-0.3, -0.25) is 18.6 Å². The van der Waals surface area contributed by atoms with Gasteiger partial charge in [0, 0.05) is 38.3 Å². The first-order chi connectivity index (χ1) is 15.8. The molecule has 3 aromatic heterocycles. The Bertz CT molecular complexity index is 1290. The zero-order valence-electron chi connectivity index (χ0n) is 21.8. The Balaban J connectivity index is 1.61. The number of aryl methyl sites for hydroxylation is 3. The Labute approximate surface area is 201 Å². The fourth-order valence-corrected chi connectivity index (χ4v) is 5.16. The molecule has 0 bridgehead atoms. The van der Waals surface area contributed by atoms with Gasteiger partial charge in [-0.1, -0.05) is 34.6 Å². The summed E-state index contributed by atoms with van der Waals surface area (Å²) in [7, 11) is 3.59. The van der Waals surface area contributed by atoms with Gasteiger partial charge in [-0.2, -0.15) is 5.10 Å². The molecule has 3 aromatic rings. The Morgan fingerprint density at radius 3 is 2.56 bits per heavy atom. The molecule has 8 heteroatoms. The van der Waals surface area contributed by atoms with E-state index in [-0.39, 0.29) is 34.4 Å². The second kappa shape index (κ2) is 8.40. The van der Waals surface area contributed by atoms with Crippen LogP contribution >= 0.6 is 0 Å².